The highest BCUT2D eigenvalue weighted by Gasteiger charge is 2.63. The van der Waals surface area contributed by atoms with Gasteiger partial charge in [0.2, 0.25) is 6.23 Å². The van der Waals surface area contributed by atoms with Gasteiger partial charge in [-0.15, -0.1) is 0 Å². The van der Waals surface area contributed by atoms with Crippen molar-refractivity contribution in [1.82, 2.24) is 9.55 Å². The van der Waals surface area contributed by atoms with Crippen molar-refractivity contribution < 1.29 is 32.6 Å². The van der Waals surface area contributed by atoms with Gasteiger partial charge in [-0.25, -0.2) is 4.79 Å². The minimum Gasteiger partial charge on any atom is -0.463 e. The van der Waals surface area contributed by atoms with Crippen molar-refractivity contribution in [3.05, 3.63) is 22.7 Å². The van der Waals surface area contributed by atoms with Gasteiger partial charge in [-0.3, -0.25) is 14.2 Å². The average molecular weight is 545 g/mol. The first-order valence-electron chi connectivity index (χ1n) is 13.3. The van der Waals surface area contributed by atoms with E-state index in [9.17, 15) is 14.4 Å². The van der Waals surface area contributed by atoms with Crippen LogP contribution < -0.4 is 16.7 Å². The minimum absolute atomic E-state index is 0.260. The van der Waals surface area contributed by atoms with Gasteiger partial charge in [-0.05, 0) is 24.3 Å². The van der Waals surface area contributed by atoms with Crippen LogP contribution in [0.5, 0.6) is 0 Å². The van der Waals surface area contributed by atoms with Crippen LogP contribution in [0.3, 0.4) is 0 Å². The fourth-order valence-corrected chi connectivity index (χ4v) is 3.94. The van der Waals surface area contributed by atoms with Gasteiger partial charge in [0, 0.05) is 12.7 Å². The summed E-state index contributed by atoms with van der Waals surface area (Å²) in [6, 6.07) is 0.262. The van der Waals surface area contributed by atoms with Gasteiger partial charge in [0.1, 0.15) is 24.6 Å². The number of anilines is 1. The molecular formula is C26H42F2N4O6. The Kier molecular flexibility index (Phi) is 11.6. The molecule has 1 saturated heterocycles. The van der Waals surface area contributed by atoms with Crippen LogP contribution in [0, 0.1) is 17.8 Å². The third-order valence-corrected chi connectivity index (χ3v) is 6.64. The maximum Gasteiger partial charge on any atom is 0.351 e. The first-order valence-corrected chi connectivity index (χ1v) is 13.3. The summed E-state index contributed by atoms with van der Waals surface area (Å²) < 4.78 is 47.6. The molecule has 0 radical (unpaired) electrons. The fraction of sp³-hybridized carbons (Fsp3) is 0.769. The SMILES string of the molecule is CCCCC(CC)CNc1ccn([C@@H]2O[C@H](COC(=O)C(C)C)[C@@H](OC(=O)[C@@H](N)C(C)C)C2(F)F)c(=O)n1. The molecule has 12 heteroatoms. The van der Waals surface area contributed by atoms with Gasteiger partial charge in [0.15, 0.2) is 6.10 Å². The molecule has 10 nitrogen and oxygen atoms in total. The van der Waals surface area contributed by atoms with Gasteiger partial charge in [-0.1, -0.05) is 60.8 Å². The Morgan fingerprint density at radius 1 is 1.24 bits per heavy atom. The van der Waals surface area contributed by atoms with E-state index in [1.54, 1.807) is 27.7 Å². The standard InChI is InChI=1S/C26H42F2N4O6/c1-7-9-10-17(8-2)13-30-19-11-12-32(25(35)31-19)24-26(27,28)21(38-23(34)20(29)15(3)4)18(37-24)14-36-22(33)16(5)6/h11-12,15-18,20-21,24H,7-10,13-14,29H2,1-6H3,(H,30,31,35)/t17?,18-,20+,21-,24-/m1/s1. The third kappa shape index (κ3) is 7.95. The molecule has 216 valence electrons. The number of aromatic nitrogens is 2. The van der Waals surface area contributed by atoms with Crippen LogP contribution in [-0.4, -0.2) is 58.8 Å². The zero-order valence-corrected chi connectivity index (χ0v) is 23.1. The van der Waals surface area contributed by atoms with Gasteiger partial charge in [0.05, 0.1) is 5.92 Å². The summed E-state index contributed by atoms with van der Waals surface area (Å²) in [7, 11) is 0. The monoisotopic (exact) mass is 544 g/mol. The molecule has 1 aliphatic heterocycles. The molecule has 2 heterocycles. The maximum atomic E-state index is 15.6. The smallest absolute Gasteiger partial charge is 0.351 e. The van der Waals surface area contributed by atoms with Crippen molar-refractivity contribution in [2.24, 2.45) is 23.5 Å². The molecule has 1 aromatic heterocycles. The Morgan fingerprint density at radius 2 is 1.92 bits per heavy atom. The zero-order chi connectivity index (χ0) is 28.6. The van der Waals surface area contributed by atoms with Crippen LogP contribution in [0.1, 0.15) is 73.5 Å². The van der Waals surface area contributed by atoms with Gasteiger partial charge < -0.3 is 25.3 Å². The Hall–Kier alpha value is -2.60. The molecule has 5 atom stereocenters. The number of halogens is 2. The van der Waals surface area contributed by atoms with Crippen LogP contribution in [0.4, 0.5) is 14.6 Å². The fourth-order valence-electron chi connectivity index (χ4n) is 3.94. The van der Waals surface area contributed by atoms with E-state index in [2.05, 4.69) is 24.1 Å². The molecule has 2 rings (SSSR count). The van der Waals surface area contributed by atoms with Crippen molar-refractivity contribution in [2.45, 2.75) is 97.6 Å². The molecule has 0 aromatic carbocycles. The third-order valence-electron chi connectivity index (χ3n) is 6.64. The number of nitrogens with one attached hydrogen (secondary N) is 1. The summed E-state index contributed by atoms with van der Waals surface area (Å²) in [5.74, 6) is -5.76. The molecular weight excluding hydrogens is 502 g/mol. The highest BCUT2D eigenvalue weighted by atomic mass is 19.3. The van der Waals surface area contributed by atoms with E-state index >= 15 is 8.78 Å². The average Bonchev–Trinajstić information content (AvgIpc) is 3.11. The summed E-state index contributed by atoms with van der Waals surface area (Å²) in [5.41, 5.74) is 4.82. The minimum atomic E-state index is -3.85. The van der Waals surface area contributed by atoms with Crippen LogP contribution >= 0.6 is 0 Å². The van der Waals surface area contributed by atoms with Crippen molar-refractivity contribution >= 4 is 17.8 Å². The Morgan fingerprint density at radius 3 is 2.47 bits per heavy atom. The number of alkyl halides is 2. The van der Waals surface area contributed by atoms with Gasteiger partial charge in [0.25, 0.3) is 0 Å². The quantitative estimate of drug-likeness (QED) is 0.337. The second-order valence-corrected chi connectivity index (χ2v) is 10.4. The predicted molar refractivity (Wildman–Crippen MR) is 138 cm³/mol. The Balaban J connectivity index is 2.27. The highest BCUT2D eigenvalue weighted by Crippen LogP contribution is 2.44. The van der Waals surface area contributed by atoms with E-state index in [-0.39, 0.29) is 11.7 Å². The number of rotatable bonds is 14. The summed E-state index contributed by atoms with van der Waals surface area (Å²) in [6.45, 7) is 10.7. The van der Waals surface area contributed by atoms with Crippen LogP contribution in [0.2, 0.25) is 0 Å². The lowest BCUT2D eigenvalue weighted by Crippen LogP contribution is -2.48. The molecule has 1 unspecified atom stereocenters. The molecule has 0 spiro atoms. The summed E-state index contributed by atoms with van der Waals surface area (Å²) in [4.78, 5) is 41.1. The largest absolute Gasteiger partial charge is 0.463 e. The van der Waals surface area contributed by atoms with Crippen LogP contribution in [0.25, 0.3) is 0 Å². The zero-order valence-electron chi connectivity index (χ0n) is 23.1. The number of carbonyl (C=O) groups excluding carboxylic acids is 2. The normalized spacial score (nSPS) is 22.3. The van der Waals surface area contributed by atoms with Gasteiger partial charge in [-0.2, -0.15) is 13.8 Å². The maximum absolute atomic E-state index is 15.6. The van der Waals surface area contributed by atoms with Crippen molar-refractivity contribution in [3.8, 4) is 0 Å². The number of esters is 2. The number of unbranched alkanes of at least 4 members (excludes halogenated alkanes) is 1. The van der Waals surface area contributed by atoms with Crippen LogP contribution in [-0.2, 0) is 23.8 Å². The molecule has 0 saturated carbocycles. The molecule has 0 amide bonds. The lowest BCUT2D eigenvalue weighted by atomic mass is 9.99. The first-order chi connectivity index (χ1) is 17.8. The molecule has 0 aliphatic carbocycles. The second-order valence-electron chi connectivity index (χ2n) is 10.4. The van der Waals surface area contributed by atoms with Crippen molar-refractivity contribution in [3.63, 3.8) is 0 Å². The molecule has 3 N–H and O–H groups in total. The molecule has 1 fully saturated rings. The number of nitrogens with two attached hydrogens (primary N) is 1. The summed E-state index contributed by atoms with van der Waals surface area (Å²) in [6.07, 6.45) is -0.501. The van der Waals surface area contributed by atoms with E-state index in [4.69, 9.17) is 19.9 Å². The topological polar surface area (TPSA) is 135 Å². The second kappa shape index (κ2) is 14.0. The van der Waals surface area contributed by atoms with Gasteiger partial charge >= 0.3 is 23.6 Å². The van der Waals surface area contributed by atoms with E-state index in [0.29, 0.717) is 17.0 Å². The number of hydrogen-bond acceptors (Lipinski definition) is 9. The van der Waals surface area contributed by atoms with Crippen molar-refractivity contribution in [2.75, 3.05) is 18.5 Å². The molecule has 1 aliphatic rings. The lowest BCUT2D eigenvalue weighted by Gasteiger charge is -2.26. The number of hydrogen-bond donors (Lipinski definition) is 2. The van der Waals surface area contributed by atoms with E-state index in [1.165, 1.54) is 6.07 Å². The van der Waals surface area contributed by atoms with E-state index < -0.39 is 60.6 Å². The van der Waals surface area contributed by atoms with Crippen molar-refractivity contribution in [1.29, 1.82) is 0 Å². The lowest BCUT2D eigenvalue weighted by molar-refractivity contribution is -0.179. The van der Waals surface area contributed by atoms with Crippen LogP contribution in [0.15, 0.2) is 17.1 Å². The predicted octanol–water partition coefficient (Wildman–Crippen LogP) is 3.50. The number of carbonyl (C=O) groups is 2. The van der Waals surface area contributed by atoms with E-state index in [1.807, 2.05) is 0 Å². The summed E-state index contributed by atoms with van der Waals surface area (Å²) >= 11 is 0. The molecule has 1 aromatic rings. The molecule has 38 heavy (non-hydrogen) atoms. The highest BCUT2D eigenvalue weighted by molar-refractivity contribution is 5.76. The first kappa shape index (κ1) is 31.6. The summed E-state index contributed by atoms with van der Waals surface area (Å²) in [5, 5.41) is 3.10. The Labute approximate surface area is 222 Å². The van der Waals surface area contributed by atoms with E-state index in [0.717, 1.165) is 31.9 Å². The number of ether oxygens (including phenoxy) is 3. The molecule has 0 bridgehead atoms. The Bertz CT molecular complexity index is 987. The number of nitrogens with zero attached hydrogens (tertiary/aromatic N) is 2.